The molecule has 7 nitrogen and oxygen atoms in total. The normalized spacial score (nSPS) is 15.3. The van der Waals surface area contributed by atoms with Gasteiger partial charge in [-0.1, -0.05) is 39.0 Å². The molecule has 2 amide bonds. The Hall–Kier alpha value is -2.75. The molecule has 0 aromatic heterocycles. The molecule has 0 bridgehead atoms. The SMILES string of the molecule is C=C(/C=C(\C=C(/C)F)CC(NC(=O)c1cc(C(N)=O)cc(C(=O)C(C)CC)c1)C(O)C(O)CCCSC)CC. The van der Waals surface area contributed by atoms with Crippen LogP contribution in [0.5, 0.6) is 0 Å². The maximum Gasteiger partial charge on any atom is 0.251 e. The molecule has 4 atom stereocenters. The predicted molar refractivity (Wildman–Crippen MR) is 157 cm³/mol. The molecular formula is C30H43FN2O5S. The lowest BCUT2D eigenvalue weighted by atomic mass is 9.92. The van der Waals surface area contributed by atoms with Gasteiger partial charge in [-0.2, -0.15) is 11.8 Å². The number of thioether (sulfide) groups is 1. The van der Waals surface area contributed by atoms with Crippen molar-refractivity contribution < 1.29 is 29.0 Å². The average molecular weight is 563 g/mol. The van der Waals surface area contributed by atoms with Gasteiger partial charge in [-0.05, 0) is 80.9 Å². The van der Waals surface area contributed by atoms with Crippen molar-refractivity contribution in [2.45, 2.75) is 78.0 Å². The molecule has 1 aromatic carbocycles. The Kier molecular flexibility index (Phi) is 15.0. The molecule has 0 saturated carbocycles. The van der Waals surface area contributed by atoms with E-state index in [9.17, 15) is 29.0 Å². The van der Waals surface area contributed by atoms with Crippen molar-refractivity contribution >= 4 is 29.4 Å². The number of carbonyl (C=O) groups is 3. The van der Waals surface area contributed by atoms with Gasteiger partial charge in [0.1, 0.15) is 6.10 Å². The van der Waals surface area contributed by atoms with Gasteiger partial charge in [0.05, 0.1) is 18.0 Å². The lowest BCUT2D eigenvalue weighted by Crippen LogP contribution is -2.48. The van der Waals surface area contributed by atoms with Gasteiger partial charge in [0.2, 0.25) is 5.91 Å². The molecule has 216 valence electrons. The number of amides is 2. The van der Waals surface area contributed by atoms with Crippen molar-refractivity contribution in [3.8, 4) is 0 Å². The second kappa shape index (κ2) is 17.0. The van der Waals surface area contributed by atoms with Gasteiger partial charge < -0.3 is 21.3 Å². The number of nitrogens with one attached hydrogen (secondary N) is 1. The highest BCUT2D eigenvalue weighted by atomic mass is 32.2. The van der Waals surface area contributed by atoms with Gasteiger partial charge in [-0.15, -0.1) is 0 Å². The maximum atomic E-state index is 13.9. The Morgan fingerprint density at radius 1 is 1.13 bits per heavy atom. The van der Waals surface area contributed by atoms with Crippen LogP contribution >= 0.6 is 11.8 Å². The first-order valence-electron chi connectivity index (χ1n) is 13.2. The average Bonchev–Trinajstić information content (AvgIpc) is 2.90. The Balaban J connectivity index is 3.47. The van der Waals surface area contributed by atoms with Crippen molar-refractivity contribution in [2.24, 2.45) is 11.7 Å². The van der Waals surface area contributed by atoms with Crippen LogP contribution < -0.4 is 11.1 Å². The van der Waals surface area contributed by atoms with Crippen LogP contribution in [0.1, 0.15) is 90.9 Å². The number of carbonyl (C=O) groups excluding carboxylic acids is 3. The van der Waals surface area contributed by atoms with Crippen LogP contribution in [0.15, 0.2) is 53.9 Å². The van der Waals surface area contributed by atoms with E-state index >= 15 is 0 Å². The van der Waals surface area contributed by atoms with Gasteiger partial charge in [0.25, 0.3) is 5.91 Å². The first-order chi connectivity index (χ1) is 18.3. The summed E-state index contributed by atoms with van der Waals surface area (Å²) in [6, 6.07) is 3.02. The summed E-state index contributed by atoms with van der Waals surface area (Å²) in [7, 11) is 0. The fourth-order valence-electron chi connectivity index (χ4n) is 3.93. The monoisotopic (exact) mass is 562 g/mol. The van der Waals surface area contributed by atoms with Gasteiger partial charge in [0.15, 0.2) is 5.78 Å². The summed E-state index contributed by atoms with van der Waals surface area (Å²) in [6.45, 7) is 10.7. The molecule has 0 heterocycles. The van der Waals surface area contributed by atoms with Crippen LogP contribution in [0.25, 0.3) is 0 Å². The quantitative estimate of drug-likeness (QED) is 0.118. The van der Waals surface area contributed by atoms with Crippen molar-refractivity contribution in [1.29, 1.82) is 0 Å². The number of Topliss-reactive ketones (excluding diaryl/α,β-unsaturated/α-hetero) is 1. The van der Waals surface area contributed by atoms with E-state index in [0.717, 1.165) is 11.3 Å². The number of hydrogen-bond donors (Lipinski definition) is 4. The highest BCUT2D eigenvalue weighted by Crippen LogP contribution is 2.21. The lowest BCUT2D eigenvalue weighted by Gasteiger charge is -2.28. The van der Waals surface area contributed by atoms with E-state index in [1.807, 2.05) is 20.1 Å². The molecule has 1 rings (SSSR count). The standard InChI is InChI=1S/C30H43FN2O5S/c1-7-18(3)12-21(13-20(5)31)14-25(28(36)26(34)10-9-11-39-6)33-30(38)24-16-22(27(35)19(4)8-2)15-23(17-24)29(32)37/h12-13,15-17,19,25-26,28,34,36H,3,7-11,14H2,1-2,4-6H3,(H2,32,37)(H,33,38)/b20-13+,21-12+. The van der Waals surface area contributed by atoms with E-state index in [2.05, 4.69) is 11.9 Å². The highest BCUT2D eigenvalue weighted by molar-refractivity contribution is 7.98. The van der Waals surface area contributed by atoms with Crippen molar-refractivity contribution in [1.82, 2.24) is 5.32 Å². The Morgan fingerprint density at radius 3 is 2.28 bits per heavy atom. The fourth-order valence-corrected chi connectivity index (χ4v) is 4.39. The van der Waals surface area contributed by atoms with Crippen LogP contribution in [0.3, 0.4) is 0 Å². The highest BCUT2D eigenvalue weighted by Gasteiger charge is 2.29. The topological polar surface area (TPSA) is 130 Å². The van der Waals surface area contributed by atoms with Crippen LogP contribution in [-0.2, 0) is 0 Å². The molecule has 0 saturated heterocycles. The van der Waals surface area contributed by atoms with E-state index in [4.69, 9.17) is 5.73 Å². The summed E-state index contributed by atoms with van der Waals surface area (Å²) in [5.41, 5.74) is 6.85. The first kappa shape index (κ1) is 34.3. The maximum absolute atomic E-state index is 13.9. The summed E-state index contributed by atoms with van der Waals surface area (Å²) in [6.07, 6.45) is 4.55. The lowest BCUT2D eigenvalue weighted by molar-refractivity contribution is -0.00716. The van der Waals surface area contributed by atoms with Crippen LogP contribution in [0.2, 0.25) is 0 Å². The third kappa shape index (κ3) is 11.5. The summed E-state index contributed by atoms with van der Waals surface area (Å²) >= 11 is 1.61. The van der Waals surface area contributed by atoms with Crippen LogP contribution in [-0.4, -0.2) is 58.1 Å². The Morgan fingerprint density at radius 2 is 1.74 bits per heavy atom. The molecule has 0 radical (unpaired) electrons. The molecule has 0 aliphatic rings. The number of halogens is 1. The van der Waals surface area contributed by atoms with Gasteiger partial charge in [0, 0.05) is 22.6 Å². The number of nitrogens with two attached hydrogens (primary N) is 1. The van der Waals surface area contributed by atoms with E-state index in [1.54, 1.807) is 24.8 Å². The summed E-state index contributed by atoms with van der Waals surface area (Å²) in [5, 5.41) is 24.5. The van der Waals surface area contributed by atoms with E-state index in [-0.39, 0.29) is 34.8 Å². The first-order valence-corrected chi connectivity index (χ1v) is 14.6. The number of allylic oxidation sites excluding steroid dienone is 4. The zero-order chi connectivity index (χ0) is 29.7. The third-order valence-corrected chi connectivity index (χ3v) is 7.18. The second-order valence-electron chi connectivity index (χ2n) is 9.78. The zero-order valence-corrected chi connectivity index (χ0v) is 24.4. The Bertz CT molecular complexity index is 1080. The largest absolute Gasteiger partial charge is 0.390 e. The van der Waals surface area contributed by atoms with E-state index in [0.29, 0.717) is 31.3 Å². The number of aliphatic hydroxyl groups excluding tert-OH is 2. The van der Waals surface area contributed by atoms with Crippen LogP contribution in [0.4, 0.5) is 4.39 Å². The number of primary amides is 1. The number of aliphatic hydroxyl groups is 2. The van der Waals surface area contributed by atoms with Gasteiger partial charge >= 0.3 is 0 Å². The minimum absolute atomic E-state index is 0.000630. The zero-order valence-electron chi connectivity index (χ0n) is 23.6. The molecule has 4 unspecified atom stereocenters. The third-order valence-electron chi connectivity index (χ3n) is 6.48. The molecular weight excluding hydrogens is 519 g/mol. The molecule has 5 N–H and O–H groups in total. The number of hydrogen-bond acceptors (Lipinski definition) is 6. The summed E-state index contributed by atoms with van der Waals surface area (Å²) < 4.78 is 13.9. The summed E-state index contributed by atoms with van der Waals surface area (Å²) in [4.78, 5) is 38.2. The number of benzene rings is 1. The number of ketones is 1. The summed E-state index contributed by atoms with van der Waals surface area (Å²) in [5.74, 6) is -1.71. The van der Waals surface area contributed by atoms with Crippen LogP contribution in [0, 0.1) is 5.92 Å². The molecule has 0 fully saturated rings. The Labute approximate surface area is 235 Å². The minimum Gasteiger partial charge on any atom is -0.390 e. The van der Waals surface area contributed by atoms with Crippen molar-refractivity contribution in [2.75, 3.05) is 12.0 Å². The molecule has 0 aliphatic heterocycles. The predicted octanol–water partition coefficient (Wildman–Crippen LogP) is 5.13. The second-order valence-corrected chi connectivity index (χ2v) is 10.8. The molecule has 39 heavy (non-hydrogen) atoms. The number of rotatable bonds is 17. The molecule has 0 spiro atoms. The van der Waals surface area contributed by atoms with E-state index in [1.165, 1.54) is 31.2 Å². The molecule has 0 aliphatic carbocycles. The van der Waals surface area contributed by atoms with Crippen molar-refractivity contribution in [3.63, 3.8) is 0 Å². The molecule has 9 heteroatoms. The minimum atomic E-state index is -1.37. The fraction of sp³-hybridized carbons (Fsp3) is 0.500. The van der Waals surface area contributed by atoms with Crippen molar-refractivity contribution in [3.05, 3.63) is 70.6 Å². The molecule has 1 aromatic rings. The smallest absolute Gasteiger partial charge is 0.251 e. The van der Waals surface area contributed by atoms with E-state index < -0.39 is 35.9 Å². The van der Waals surface area contributed by atoms with Gasteiger partial charge in [-0.25, -0.2) is 4.39 Å². The van der Waals surface area contributed by atoms with Gasteiger partial charge in [-0.3, -0.25) is 14.4 Å².